The van der Waals surface area contributed by atoms with Gasteiger partial charge >= 0.3 is 12.3 Å². The van der Waals surface area contributed by atoms with Crippen LogP contribution in [-0.4, -0.2) is 37.6 Å². The summed E-state index contributed by atoms with van der Waals surface area (Å²) >= 11 is 0. The molecular formula is C13H11F2N3O6S. The first-order valence-electron chi connectivity index (χ1n) is 6.70. The Morgan fingerprint density at radius 3 is 2.80 bits per heavy atom. The molecule has 9 nitrogen and oxygen atoms in total. The van der Waals surface area contributed by atoms with E-state index in [1.807, 2.05) is 0 Å². The van der Waals surface area contributed by atoms with Crippen LogP contribution >= 0.6 is 0 Å². The molecule has 0 saturated heterocycles. The zero-order valence-corrected chi connectivity index (χ0v) is 13.4. The summed E-state index contributed by atoms with van der Waals surface area (Å²) in [7, 11) is -2.86. The maximum absolute atomic E-state index is 13.0. The maximum atomic E-state index is 13.0. The predicted octanol–water partition coefficient (Wildman–Crippen LogP) is 1.18. The van der Waals surface area contributed by atoms with Crippen LogP contribution < -0.4 is 14.2 Å². The Balaban J connectivity index is 1.78. The highest BCUT2D eigenvalue weighted by atomic mass is 32.2. The molecule has 0 atom stereocenters. The van der Waals surface area contributed by atoms with Gasteiger partial charge in [0.1, 0.15) is 11.4 Å². The third kappa shape index (κ3) is 3.63. The van der Waals surface area contributed by atoms with Gasteiger partial charge in [-0.15, -0.1) is 8.78 Å². The summed E-state index contributed by atoms with van der Waals surface area (Å²) in [5.41, 5.74) is -0.0132. The lowest BCUT2D eigenvalue weighted by molar-refractivity contribution is -0.286. The van der Waals surface area contributed by atoms with Crippen molar-refractivity contribution in [1.82, 2.24) is 9.78 Å². The summed E-state index contributed by atoms with van der Waals surface area (Å²) in [6, 6.07) is 3.45. The molecule has 1 aliphatic rings. The SMILES string of the molecule is COC(=O)Cn1cc(S(=O)(=O)Nc2ccc3c(c2)OC(F)(F)O3)cn1. The Morgan fingerprint density at radius 2 is 2.08 bits per heavy atom. The molecule has 0 radical (unpaired) electrons. The number of hydrogen-bond acceptors (Lipinski definition) is 7. The molecule has 0 bridgehead atoms. The molecule has 25 heavy (non-hydrogen) atoms. The molecule has 1 aromatic carbocycles. The van der Waals surface area contributed by atoms with Gasteiger partial charge in [0.15, 0.2) is 11.5 Å². The fourth-order valence-corrected chi connectivity index (χ4v) is 2.99. The molecule has 0 spiro atoms. The third-order valence-corrected chi connectivity index (χ3v) is 4.43. The highest BCUT2D eigenvalue weighted by Crippen LogP contribution is 2.42. The lowest BCUT2D eigenvalue weighted by atomic mass is 10.3. The van der Waals surface area contributed by atoms with Crippen LogP contribution in [0.2, 0.25) is 0 Å². The Bertz CT molecular complexity index is 928. The standard InChI is InChI=1S/C13H11F2N3O6S/c1-22-12(19)7-18-6-9(5-16-18)25(20,21)17-8-2-3-10-11(4-8)24-13(14,15)23-10/h2-6,17H,7H2,1H3. The van der Waals surface area contributed by atoms with Crippen molar-refractivity contribution in [1.29, 1.82) is 0 Å². The second-order valence-corrected chi connectivity index (χ2v) is 6.57. The van der Waals surface area contributed by atoms with E-state index in [9.17, 15) is 22.0 Å². The smallest absolute Gasteiger partial charge is 0.468 e. The number of nitrogens with zero attached hydrogens (tertiary/aromatic N) is 2. The Kier molecular flexibility index (Phi) is 3.99. The third-order valence-electron chi connectivity index (χ3n) is 3.09. The maximum Gasteiger partial charge on any atom is 0.586 e. The quantitative estimate of drug-likeness (QED) is 0.782. The van der Waals surface area contributed by atoms with Gasteiger partial charge in [0.05, 0.1) is 19.0 Å². The Morgan fingerprint density at radius 1 is 1.36 bits per heavy atom. The van der Waals surface area contributed by atoms with Crippen LogP contribution in [0.4, 0.5) is 14.5 Å². The minimum absolute atomic E-state index is 0.0132. The van der Waals surface area contributed by atoms with Crippen LogP contribution in [0, 0.1) is 0 Å². The largest absolute Gasteiger partial charge is 0.586 e. The van der Waals surface area contributed by atoms with Crippen molar-refractivity contribution in [2.24, 2.45) is 0 Å². The normalized spacial score (nSPS) is 15.0. The first-order valence-corrected chi connectivity index (χ1v) is 8.19. The molecule has 1 aromatic heterocycles. The summed E-state index contributed by atoms with van der Waals surface area (Å²) in [5, 5.41) is 3.74. The van der Waals surface area contributed by atoms with Crippen LogP contribution in [0.5, 0.6) is 11.5 Å². The molecule has 2 aromatic rings. The van der Waals surface area contributed by atoms with Gasteiger partial charge in [-0.25, -0.2) is 8.42 Å². The van der Waals surface area contributed by atoms with Crippen LogP contribution in [0.25, 0.3) is 0 Å². The van der Waals surface area contributed by atoms with E-state index in [1.54, 1.807) is 0 Å². The summed E-state index contributed by atoms with van der Waals surface area (Å²) in [5.74, 6) is -1.11. The van der Waals surface area contributed by atoms with E-state index < -0.39 is 22.3 Å². The van der Waals surface area contributed by atoms with Crippen molar-refractivity contribution < 1.29 is 36.2 Å². The van der Waals surface area contributed by atoms with Gasteiger partial charge in [-0.2, -0.15) is 5.10 Å². The van der Waals surface area contributed by atoms with Crippen molar-refractivity contribution in [2.75, 3.05) is 11.8 Å². The topological polar surface area (TPSA) is 109 Å². The number of alkyl halides is 2. The molecule has 134 valence electrons. The minimum Gasteiger partial charge on any atom is -0.468 e. The van der Waals surface area contributed by atoms with Gasteiger partial charge in [0.2, 0.25) is 0 Å². The predicted molar refractivity (Wildman–Crippen MR) is 77.7 cm³/mol. The van der Waals surface area contributed by atoms with Crippen LogP contribution in [0.1, 0.15) is 0 Å². The molecule has 1 aliphatic heterocycles. The number of benzene rings is 1. The fourth-order valence-electron chi connectivity index (χ4n) is 1.99. The molecule has 12 heteroatoms. The molecule has 3 rings (SSSR count). The first-order chi connectivity index (χ1) is 11.7. The Hall–Kier alpha value is -2.89. The van der Waals surface area contributed by atoms with Crippen LogP contribution in [0.3, 0.4) is 0 Å². The number of halogens is 2. The fraction of sp³-hybridized carbons (Fsp3) is 0.231. The highest BCUT2D eigenvalue weighted by Gasteiger charge is 2.43. The van der Waals surface area contributed by atoms with Crippen LogP contribution in [-0.2, 0) is 26.1 Å². The number of nitrogens with one attached hydrogen (secondary N) is 1. The van der Waals surface area contributed by atoms with Gasteiger partial charge in [0, 0.05) is 12.3 Å². The van der Waals surface area contributed by atoms with Crippen molar-refractivity contribution in [3.63, 3.8) is 0 Å². The number of carbonyl (C=O) groups excluding carboxylic acids is 1. The van der Waals surface area contributed by atoms with Gasteiger partial charge in [0.25, 0.3) is 10.0 Å². The Labute approximate surface area is 140 Å². The van der Waals surface area contributed by atoms with Crippen molar-refractivity contribution in [3.05, 3.63) is 30.6 Å². The van der Waals surface area contributed by atoms with Gasteiger partial charge in [-0.3, -0.25) is 14.2 Å². The summed E-state index contributed by atoms with van der Waals surface area (Å²) in [6.07, 6.45) is -1.64. The number of esters is 1. The average molecular weight is 375 g/mol. The zero-order chi connectivity index (χ0) is 18.2. The van der Waals surface area contributed by atoms with E-state index in [0.29, 0.717) is 0 Å². The van der Waals surface area contributed by atoms with E-state index in [1.165, 1.54) is 13.2 Å². The average Bonchev–Trinajstić information content (AvgIpc) is 3.09. The number of methoxy groups -OCH3 is 1. The second kappa shape index (κ2) is 5.88. The minimum atomic E-state index is -4.05. The van der Waals surface area contributed by atoms with Crippen molar-refractivity contribution in [2.45, 2.75) is 17.7 Å². The highest BCUT2D eigenvalue weighted by molar-refractivity contribution is 7.92. The molecule has 0 aliphatic carbocycles. The number of ether oxygens (including phenoxy) is 3. The number of hydrogen-bond donors (Lipinski definition) is 1. The molecule has 1 N–H and O–H groups in total. The van der Waals surface area contributed by atoms with E-state index in [4.69, 9.17) is 0 Å². The molecular weight excluding hydrogens is 364 g/mol. The number of anilines is 1. The number of aromatic nitrogens is 2. The van der Waals surface area contributed by atoms with E-state index >= 15 is 0 Å². The number of carbonyl (C=O) groups is 1. The summed E-state index contributed by atoms with van der Waals surface area (Å²) in [4.78, 5) is 10.9. The lowest BCUT2D eigenvalue weighted by Crippen LogP contribution is -2.25. The number of fused-ring (bicyclic) bond motifs is 1. The molecule has 2 heterocycles. The van der Waals surface area contributed by atoms with E-state index in [0.717, 1.165) is 29.2 Å². The lowest BCUT2D eigenvalue weighted by Gasteiger charge is -2.06. The van der Waals surface area contributed by atoms with E-state index in [-0.39, 0.29) is 28.6 Å². The molecule has 0 saturated carbocycles. The monoisotopic (exact) mass is 375 g/mol. The summed E-state index contributed by atoms with van der Waals surface area (Å²) in [6.45, 7) is -0.259. The number of sulfonamides is 1. The number of rotatable bonds is 5. The molecule has 0 fully saturated rings. The van der Waals surface area contributed by atoms with Gasteiger partial charge in [-0.05, 0) is 12.1 Å². The summed E-state index contributed by atoms with van der Waals surface area (Å²) < 4.78 is 66.8. The first kappa shape index (κ1) is 17.0. The van der Waals surface area contributed by atoms with Gasteiger partial charge in [-0.1, -0.05) is 0 Å². The van der Waals surface area contributed by atoms with Crippen molar-refractivity contribution >= 4 is 21.7 Å². The van der Waals surface area contributed by atoms with Gasteiger partial charge < -0.3 is 14.2 Å². The molecule has 0 unspecified atom stereocenters. The second-order valence-electron chi connectivity index (χ2n) is 4.88. The van der Waals surface area contributed by atoms with Crippen molar-refractivity contribution in [3.8, 4) is 11.5 Å². The molecule has 0 amide bonds. The van der Waals surface area contributed by atoms with Crippen LogP contribution in [0.15, 0.2) is 35.5 Å². The van der Waals surface area contributed by atoms with E-state index in [2.05, 4.69) is 24.0 Å². The zero-order valence-electron chi connectivity index (χ0n) is 12.6.